The van der Waals surface area contributed by atoms with E-state index >= 15 is 0 Å². The topological polar surface area (TPSA) is 36.9 Å². The van der Waals surface area contributed by atoms with Gasteiger partial charge >= 0.3 is 0 Å². The fourth-order valence-corrected chi connectivity index (χ4v) is 3.40. The van der Waals surface area contributed by atoms with Crippen LogP contribution in [0, 0.1) is 17.8 Å². The predicted molar refractivity (Wildman–Crippen MR) is 104 cm³/mol. The number of aliphatic imine (C=N–C) groups is 1. The maximum absolute atomic E-state index is 5.48. The van der Waals surface area contributed by atoms with Gasteiger partial charge < -0.3 is 15.0 Å². The number of hydrogen-bond donors (Lipinski definition) is 1. The van der Waals surface area contributed by atoms with E-state index in [4.69, 9.17) is 9.73 Å². The van der Waals surface area contributed by atoms with Crippen LogP contribution in [0.1, 0.15) is 46.0 Å². The summed E-state index contributed by atoms with van der Waals surface area (Å²) in [5.41, 5.74) is 0. The molecule has 0 amide bonds. The van der Waals surface area contributed by atoms with Gasteiger partial charge in [-0.2, -0.15) is 0 Å². The molecule has 0 radical (unpaired) electrons. The minimum absolute atomic E-state index is 0. The summed E-state index contributed by atoms with van der Waals surface area (Å²) < 4.78 is 5.48. The van der Waals surface area contributed by atoms with Gasteiger partial charge in [-0.25, -0.2) is 0 Å². The lowest BCUT2D eigenvalue weighted by Gasteiger charge is -2.27. The van der Waals surface area contributed by atoms with Gasteiger partial charge in [0.25, 0.3) is 0 Å². The van der Waals surface area contributed by atoms with Gasteiger partial charge in [-0.05, 0) is 38.0 Å². The van der Waals surface area contributed by atoms with Crippen molar-refractivity contribution in [2.75, 3.05) is 39.9 Å². The molecule has 22 heavy (non-hydrogen) atoms. The van der Waals surface area contributed by atoms with Crippen molar-refractivity contribution in [1.29, 1.82) is 0 Å². The van der Waals surface area contributed by atoms with E-state index in [1.807, 2.05) is 0 Å². The molecule has 0 aromatic rings. The van der Waals surface area contributed by atoms with Crippen LogP contribution < -0.4 is 5.32 Å². The Labute approximate surface area is 153 Å². The quantitative estimate of drug-likeness (QED) is 0.419. The van der Waals surface area contributed by atoms with E-state index < -0.39 is 0 Å². The van der Waals surface area contributed by atoms with Crippen LogP contribution in [0.15, 0.2) is 4.99 Å². The summed E-state index contributed by atoms with van der Waals surface area (Å²) in [7, 11) is 2.16. The molecule has 0 aromatic carbocycles. The van der Waals surface area contributed by atoms with E-state index in [9.17, 15) is 0 Å². The van der Waals surface area contributed by atoms with E-state index in [1.54, 1.807) is 0 Å². The summed E-state index contributed by atoms with van der Waals surface area (Å²) in [4.78, 5) is 7.18. The monoisotopic (exact) mass is 423 g/mol. The maximum Gasteiger partial charge on any atom is 0.193 e. The zero-order valence-corrected chi connectivity index (χ0v) is 16.8. The average Bonchev–Trinajstić information content (AvgIpc) is 2.98. The first-order valence-corrected chi connectivity index (χ1v) is 8.76. The number of nitrogens with one attached hydrogen (secondary N) is 1. The second-order valence-corrected chi connectivity index (χ2v) is 6.93. The molecule has 0 aromatic heterocycles. The van der Waals surface area contributed by atoms with Crippen LogP contribution in [0.4, 0.5) is 0 Å². The average molecular weight is 423 g/mol. The molecule has 2 fully saturated rings. The Morgan fingerprint density at radius 3 is 2.50 bits per heavy atom. The lowest BCUT2D eigenvalue weighted by Crippen LogP contribution is -2.41. The Balaban J connectivity index is 0.00000242. The highest BCUT2D eigenvalue weighted by Gasteiger charge is 2.20. The zero-order chi connectivity index (χ0) is 15.1. The number of rotatable bonds is 5. The van der Waals surface area contributed by atoms with Crippen molar-refractivity contribution in [2.24, 2.45) is 22.7 Å². The molecular weight excluding hydrogens is 389 g/mol. The second kappa shape index (κ2) is 10.7. The summed E-state index contributed by atoms with van der Waals surface area (Å²) in [5.74, 6) is 3.44. The van der Waals surface area contributed by atoms with Gasteiger partial charge in [0.2, 0.25) is 0 Å². The van der Waals surface area contributed by atoms with Crippen LogP contribution in [0.2, 0.25) is 0 Å². The number of halogens is 1. The molecule has 1 unspecified atom stereocenters. The number of nitrogens with zero attached hydrogens (tertiary/aromatic N) is 2. The molecule has 2 aliphatic rings. The molecule has 1 heterocycles. The van der Waals surface area contributed by atoms with Crippen LogP contribution in [0.3, 0.4) is 0 Å². The van der Waals surface area contributed by atoms with Gasteiger partial charge in [0.1, 0.15) is 0 Å². The lowest BCUT2D eigenvalue weighted by atomic mass is 9.83. The molecule has 130 valence electrons. The molecular formula is C17H34IN3O. The summed E-state index contributed by atoms with van der Waals surface area (Å²) in [6.45, 7) is 9.32. The van der Waals surface area contributed by atoms with Crippen molar-refractivity contribution in [2.45, 2.75) is 46.0 Å². The number of ether oxygens (including phenoxy) is 1. The molecule has 1 aliphatic carbocycles. The minimum atomic E-state index is 0. The molecule has 5 heteroatoms. The molecule has 0 bridgehead atoms. The molecule has 1 atom stereocenters. The molecule has 1 N–H and O–H groups in total. The maximum atomic E-state index is 5.48. The Morgan fingerprint density at radius 2 is 1.91 bits per heavy atom. The van der Waals surface area contributed by atoms with Crippen molar-refractivity contribution in [3.05, 3.63) is 0 Å². The minimum Gasteiger partial charge on any atom is -0.381 e. The van der Waals surface area contributed by atoms with Gasteiger partial charge in [0.15, 0.2) is 5.96 Å². The third-order valence-electron chi connectivity index (χ3n) is 4.89. The Hall–Kier alpha value is -0.0400. The van der Waals surface area contributed by atoms with E-state index in [1.165, 1.54) is 32.1 Å². The van der Waals surface area contributed by atoms with Gasteiger partial charge in [-0.3, -0.25) is 4.99 Å². The summed E-state index contributed by atoms with van der Waals surface area (Å²) >= 11 is 0. The highest BCUT2D eigenvalue weighted by Crippen LogP contribution is 2.28. The van der Waals surface area contributed by atoms with E-state index in [0.717, 1.165) is 50.6 Å². The van der Waals surface area contributed by atoms with Crippen molar-refractivity contribution in [1.82, 2.24) is 10.2 Å². The van der Waals surface area contributed by atoms with Crippen molar-refractivity contribution < 1.29 is 4.74 Å². The third-order valence-corrected chi connectivity index (χ3v) is 4.89. The Kier molecular flexibility index (Phi) is 9.71. The Morgan fingerprint density at radius 1 is 1.18 bits per heavy atom. The number of guanidine groups is 1. The van der Waals surface area contributed by atoms with Crippen LogP contribution in [-0.2, 0) is 4.74 Å². The van der Waals surface area contributed by atoms with Gasteiger partial charge in [0, 0.05) is 39.2 Å². The second-order valence-electron chi connectivity index (χ2n) is 6.93. The lowest BCUT2D eigenvalue weighted by molar-refractivity contribution is 0.181. The van der Waals surface area contributed by atoms with Crippen molar-refractivity contribution in [3.8, 4) is 0 Å². The SMILES string of the molecule is CCNC(=NCC1CCC(C)CC1)N(C)CC1CCOC1.I. The van der Waals surface area contributed by atoms with Gasteiger partial charge in [0.05, 0.1) is 6.61 Å². The molecule has 0 spiro atoms. The van der Waals surface area contributed by atoms with Crippen molar-refractivity contribution in [3.63, 3.8) is 0 Å². The van der Waals surface area contributed by atoms with E-state index in [0.29, 0.717) is 5.92 Å². The highest BCUT2D eigenvalue weighted by atomic mass is 127. The molecule has 1 saturated carbocycles. The predicted octanol–water partition coefficient (Wildman–Crippen LogP) is 3.36. The summed E-state index contributed by atoms with van der Waals surface area (Å²) in [6.07, 6.45) is 6.65. The summed E-state index contributed by atoms with van der Waals surface area (Å²) in [5, 5.41) is 3.44. The Bertz CT molecular complexity index is 324. The molecule has 2 rings (SSSR count). The first-order chi connectivity index (χ1) is 10.2. The molecule has 1 aliphatic heterocycles. The van der Waals surface area contributed by atoms with Gasteiger partial charge in [-0.15, -0.1) is 24.0 Å². The third kappa shape index (κ3) is 6.60. The van der Waals surface area contributed by atoms with Gasteiger partial charge in [-0.1, -0.05) is 19.8 Å². The number of hydrogen-bond acceptors (Lipinski definition) is 2. The standard InChI is InChI=1S/C17H33N3O.HI/c1-4-18-17(20(3)12-16-9-10-21-13-16)19-11-15-7-5-14(2)6-8-15;/h14-16H,4-13H2,1-3H3,(H,18,19);1H. The molecule has 1 saturated heterocycles. The molecule has 4 nitrogen and oxygen atoms in total. The highest BCUT2D eigenvalue weighted by molar-refractivity contribution is 14.0. The summed E-state index contributed by atoms with van der Waals surface area (Å²) in [6, 6.07) is 0. The van der Waals surface area contributed by atoms with Crippen LogP contribution in [0.25, 0.3) is 0 Å². The van der Waals surface area contributed by atoms with Crippen LogP contribution in [0.5, 0.6) is 0 Å². The largest absolute Gasteiger partial charge is 0.381 e. The van der Waals surface area contributed by atoms with E-state index in [-0.39, 0.29) is 24.0 Å². The van der Waals surface area contributed by atoms with Crippen LogP contribution in [-0.4, -0.2) is 50.8 Å². The smallest absolute Gasteiger partial charge is 0.193 e. The van der Waals surface area contributed by atoms with Crippen molar-refractivity contribution >= 4 is 29.9 Å². The van der Waals surface area contributed by atoms with Crippen LogP contribution >= 0.6 is 24.0 Å². The zero-order valence-electron chi connectivity index (χ0n) is 14.5. The first kappa shape index (κ1) is 20.0. The first-order valence-electron chi connectivity index (χ1n) is 8.76. The normalized spacial score (nSPS) is 29.0. The van der Waals surface area contributed by atoms with E-state index in [2.05, 4.69) is 31.1 Å². The fourth-order valence-electron chi connectivity index (χ4n) is 3.40. The fraction of sp³-hybridized carbons (Fsp3) is 0.941.